The van der Waals surface area contributed by atoms with Crippen LogP contribution >= 0.6 is 0 Å². The molecule has 1 N–H and O–H groups in total. The molecular formula is C30H34N4O7S. The van der Waals surface area contributed by atoms with Crippen molar-refractivity contribution in [2.24, 2.45) is 0 Å². The molecule has 222 valence electrons. The summed E-state index contributed by atoms with van der Waals surface area (Å²) in [5, 5.41) is 4.21. The summed E-state index contributed by atoms with van der Waals surface area (Å²) in [6.45, 7) is 4.11. The summed E-state index contributed by atoms with van der Waals surface area (Å²) < 4.78 is 52.7. The van der Waals surface area contributed by atoms with E-state index >= 15 is 0 Å². The number of fused-ring (bicyclic) bond motifs is 4. The third kappa shape index (κ3) is 4.57. The maximum Gasteiger partial charge on any atom is 0.270 e. The van der Waals surface area contributed by atoms with E-state index in [2.05, 4.69) is 33.0 Å². The number of carbonyl (C=O) groups excluding carboxylic acids is 1. The van der Waals surface area contributed by atoms with E-state index in [9.17, 15) is 13.2 Å². The highest BCUT2D eigenvalue weighted by Gasteiger charge is 2.51. The van der Waals surface area contributed by atoms with Gasteiger partial charge in [0.25, 0.3) is 10.0 Å². The molecule has 2 aliphatic heterocycles. The number of sulfonamides is 1. The Morgan fingerprint density at radius 1 is 1.05 bits per heavy atom. The van der Waals surface area contributed by atoms with Crippen LogP contribution in [0.25, 0.3) is 11.3 Å². The maximum absolute atomic E-state index is 13.9. The van der Waals surface area contributed by atoms with Gasteiger partial charge in [-0.1, -0.05) is 11.2 Å². The van der Waals surface area contributed by atoms with Crippen molar-refractivity contribution in [1.82, 2.24) is 10.1 Å². The van der Waals surface area contributed by atoms with Crippen molar-refractivity contribution in [3.8, 4) is 22.8 Å². The minimum atomic E-state index is -4.22. The Morgan fingerprint density at radius 3 is 2.38 bits per heavy atom. The second-order valence-corrected chi connectivity index (χ2v) is 13.1. The molecule has 42 heavy (non-hydrogen) atoms. The van der Waals surface area contributed by atoms with E-state index in [1.807, 2.05) is 0 Å². The van der Waals surface area contributed by atoms with Crippen molar-refractivity contribution in [1.29, 1.82) is 0 Å². The van der Waals surface area contributed by atoms with E-state index in [0.717, 1.165) is 42.7 Å². The number of methoxy groups -OCH3 is 2. The number of carbonyl (C=O) groups is 1. The summed E-state index contributed by atoms with van der Waals surface area (Å²) in [7, 11) is -1.44. The van der Waals surface area contributed by atoms with Crippen molar-refractivity contribution in [2.45, 2.75) is 42.4 Å². The van der Waals surface area contributed by atoms with Crippen LogP contribution in [-0.2, 0) is 37.8 Å². The quantitative estimate of drug-likeness (QED) is 0.418. The predicted molar refractivity (Wildman–Crippen MR) is 155 cm³/mol. The van der Waals surface area contributed by atoms with Gasteiger partial charge in [-0.05, 0) is 61.1 Å². The van der Waals surface area contributed by atoms with Gasteiger partial charge in [0.2, 0.25) is 5.91 Å². The molecular weight excluding hydrogens is 560 g/mol. The van der Waals surface area contributed by atoms with Gasteiger partial charge in [0, 0.05) is 48.4 Å². The smallest absolute Gasteiger partial charge is 0.270 e. The SMILES string of the molecule is COc1cc(CC(=O)N2CCOCC2)cc(OC)c1S(=O)(=O)Nc1noc2c1CC1(CC1)c1ccc(N3CCC3)cc1-2. The van der Waals surface area contributed by atoms with Crippen molar-refractivity contribution >= 4 is 27.4 Å². The summed E-state index contributed by atoms with van der Waals surface area (Å²) in [5.74, 6) is 0.863. The fourth-order valence-electron chi connectivity index (χ4n) is 6.33. The van der Waals surface area contributed by atoms with Crippen LogP contribution in [0.2, 0.25) is 0 Å². The number of nitrogens with one attached hydrogen (secondary N) is 1. The minimum Gasteiger partial charge on any atom is -0.495 e. The first kappa shape index (κ1) is 27.1. The summed E-state index contributed by atoms with van der Waals surface area (Å²) in [6, 6.07) is 9.67. The normalized spacial score (nSPS) is 18.6. The third-order valence-electron chi connectivity index (χ3n) is 8.94. The van der Waals surface area contributed by atoms with Crippen LogP contribution in [0.3, 0.4) is 0 Å². The zero-order valence-corrected chi connectivity index (χ0v) is 24.6. The fraction of sp³-hybridized carbons (Fsp3) is 0.467. The van der Waals surface area contributed by atoms with E-state index in [-0.39, 0.29) is 40.0 Å². The molecule has 3 aromatic rings. The zero-order valence-electron chi connectivity index (χ0n) is 23.8. The van der Waals surface area contributed by atoms with Gasteiger partial charge >= 0.3 is 0 Å². The average molecular weight is 595 g/mol. The number of ether oxygens (including phenoxy) is 3. The van der Waals surface area contributed by atoms with E-state index in [4.69, 9.17) is 18.7 Å². The molecule has 1 spiro atoms. The fourth-order valence-corrected chi connectivity index (χ4v) is 7.66. The van der Waals surface area contributed by atoms with Gasteiger partial charge in [0.1, 0.15) is 11.5 Å². The molecule has 0 bridgehead atoms. The highest BCUT2D eigenvalue weighted by Crippen LogP contribution is 2.59. The number of nitrogens with zero attached hydrogens (tertiary/aromatic N) is 3. The van der Waals surface area contributed by atoms with E-state index in [1.54, 1.807) is 17.0 Å². The van der Waals surface area contributed by atoms with Crippen LogP contribution in [0.5, 0.6) is 11.5 Å². The molecule has 1 saturated carbocycles. The number of rotatable bonds is 8. The third-order valence-corrected chi connectivity index (χ3v) is 10.3. The second kappa shape index (κ2) is 10.2. The van der Waals surface area contributed by atoms with Crippen LogP contribution in [-0.4, -0.2) is 78.0 Å². The molecule has 2 aromatic carbocycles. The van der Waals surface area contributed by atoms with Crippen LogP contribution < -0.4 is 19.1 Å². The highest BCUT2D eigenvalue weighted by atomic mass is 32.2. The highest BCUT2D eigenvalue weighted by molar-refractivity contribution is 7.93. The molecule has 4 aliphatic rings. The molecule has 0 unspecified atom stereocenters. The first-order chi connectivity index (χ1) is 20.3. The lowest BCUT2D eigenvalue weighted by atomic mass is 9.79. The summed E-state index contributed by atoms with van der Waals surface area (Å²) in [4.78, 5) is 16.8. The Kier molecular flexibility index (Phi) is 6.58. The number of aromatic nitrogens is 1. The summed E-state index contributed by atoms with van der Waals surface area (Å²) in [6.07, 6.45) is 3.98. The molecule has 0 atom stereocenters. The number of morpholine rings is 1. The zero-order chi connectivity index (χ0) is 29.1. The Morgan fingerprint density at radius 2 is 1.76 bits per heavy atom. The number of hydrogen-bond donors (Lipinski definition) is 1. The summed E-state index contributed by atoms with van der Waals surface area (Å²) in [5.41, 5.74) is 4.70. The first-order valence-corrected chi connectivity index (χ1v) is 15.8. The Bertz CT molecular complexity index is 1630. The molecule has 1 amide bonds. The summed E-state index contributed by atoms with van der Waals surface area (Å²) >= 11 is 0. The predicted octanol–water partition coefficient (Wildman–Crippen LogP) is 3.36. The number of amides is 1. The number of benzene rings is 2. The molecule has 2 saturated heterocycles. The van der Waals surface area contributed by atoms with Crippen LogP contribution in [0.15, 0.2) is 39.8 Å². The van der Waals surface area contributed by atoms with Gasteiger partial charge in [-0.15, -0.1) is 0 Å². The Balaban J connectivity index is 1.20. The van der Waals surface area contributed by atoms with Crippen molar-refractivity contribution < 1.29 is 31.9 Å². The van der Waals surface area contributed by atoms with Crippen molar-refractivity contribution in [3.05, 3.63) is 47.0 Å². The molecule has 3 fully saturated rings. The second-order valence-electron chi connectivity index (χ2n) is 11.5. The van der Waals surface area contributed by atoms with E-state index < -0.39 is 10.0 Å². The number of anilines is 2. The van der Waals surface area contributed by atoms with Crippen LogP contribution in [0.1, 0.15) is 36.0 Å². The van der Waals surface area contributed by atoms with Crippen LogP contribution in [0, 0.1) is 0 Å². The molecule has 7 rings (SSSR count). The van der Waals surface area contributed by atoms with Crippen LogP contribution in [0.4, 0.5) is 11.5 Å². The Hall–Kier alpha value is -3.77. The van der Waals surface area contributed by atoms with Gasteiger partial charge in [0.15, 0.2) is 16.5 Å². The van der Waals surface area contributed by atoms with E-state index in [1.165, 1.54) is 26.2 Å². The number of hydrogen-bond acceptors (Lipinski definition) is 9. The van der Waals surface area contributed by atoms with E-state index in [0.29, 0.717) is 44.0 Å². The lowest BCUT2D eigenvalue weighted by Gasteiger charge is -2.34. The van der Waals surface area contributed by atoms with Gasteiger partial charge in [-0.3, -0.25) is 9.52 Å². The lowest BCUT2D eigenvalue weighted by Crippen LogP contribution is -2.41. The molecule has 12 heteroatoms. The molecule has 0 radical (unpaired) electrons. The molecule has 1 aromatic heterocycles. The topological polar surface area (TPSA) is 123 Å². The first-order valence-electron chi connectivity index (χ1n) is 14.3. The van der Waals surface area contributed by atoms with Gasteiger partial charge in [-0.2, -0.15) is 0 Å². The standard InChI is InChI=1S/C30H34N4O7S/c1-38-24-14-19(16-26(35)34-10-12-40-13-11-34)15-25(39-2)28(24)42(36,37)32-29-22-18-30(6-7-30)23-5-4-20(33-8-3-9-33)17-21(23)27(22)41-31-29/h4-5,14-15,17H,3,6-13,16,18H2,1-2H3,(H,31,32). The molecule has 3 heterocycles. The largest absolute Gasteiger partial charge is 0.495 e. The Labute approximate surface area is 244 Å². The maximum atomic E-state index is 13.9. The average Bonchev–Trinajstić information content (AvgIpc) is 3.63. The monoisotopic (exact) mass is 594 g/mol. The van der Waals surface area contributed by atoms with Crippen molar-refractivity contribution in [2.75, 3.05) is 63.2 Å². The van der Waals surface area contributed by atoms with Gasteiger partial charge in [-0.25, -0.2) is 8.42 Å². The lowest BCUT2D eigenvalue weighted by molar-refractivity contribution is -0.134. The van der Waals surface area contributed by atoms with Gasteiger partial charge < -0.3 is 28.5 Å². The molecule has 11 nitrogen and oxygen atoms in total. The molecule has 2 aliphatic carbocycles. The van der Waals surface area contributed by atoms with Crippen molar-refractivity contribution in [3.63, 3.8) is 0 Å². The minimum absolute atomic E-state index is 0.0222. The van der Waals surface area contributed by atoms with Gasteiger partial charge in [0.05, 0.1) is 33.9 Å².